The number of nitrogens with two attached hydrogens (primary N) is 1. The maximum absolute atomic E-state index is 6.06. The summed E-state index contributed by atoms with van der Waals surface area (Å²) in [6, 6.07) is 8.10. The van der Waals surface area contributed by atoms with Crippen LogP contribution in [0.3, 0.4) is 0 Å². The van der Waals surface area contributed by atoms with Crippen molar-refractivity contribution in [2.24, 2.45) is 10.7 Å². The summed E-state index contributed by atoms with van der Waals surface area (Å²) in [4.78, 5) is 10.9. The van der Waals surface area contributed by atoms with Crippen LogP contribution in [0.4, 0.5) is 0 Å². The highest BCUT2D eigenvalue weighted by Gasteiger charge is 2.17. The molecule has 1 fully saturated rings. The molecule has 1 aromatic carbocycles. The van der Waals surface area contributed by atoms with Gasteiger partial charge >= 0.3 is 0 Å². The molecule has 21 heavy (non-hydrogen) atoms. The molecule has 2 aromatic rings. The minimum atomic E-state index is 0.213. The summed E-state index contributed by atoms with van der Waals surface area (Å²) in [5.74, 6) is 0.606. The monoisotopic (exact) mass is 287 g/mol. The Morgan fingerprint density at radius 3 is 3.19 bits per heavy atom. The molecule has 0 aliphatic carbocycles. The van der Waals surface area contributed by atoms with E-state index < -0.39 is 0 Å². The Hall–Kier alpha value is -2.08. The minimum Gasteiger partial charge on any atom is -0.375 e. The molecular formula is C15H21N5O. The van der Waals surface area contributed by atoms with Crippen LogP contribution in [0.15, 0.2) is 35.6 Å². The van der Waals surface area contributed by atoms with Crippen molar-refractivity contribution in [3.05, 3.63) is 30.6 Å². The quantitative estimate of drug-likeness (QED) is 0.677. The molecular weight excluding hydrogens is 266 g/mol. The first kappa shape index (κ1) is 13.9. The Bertz CT molecular complexity index is 636. The summed E-state index contributed by atoms with van der Waals surface area (Å²) in [5, 5.41) is 0. The van der Waals surface area contributed by atoms with Gasteiger partial charge in [0, 0.05) is 19.6 Å². The molecule has 2 heterocycles. The second kappa shape index (κ2) is 6.13. The summed E-state index contributed by atoms with van der Waals surface area (Å²) in [6.45, 7) is 5.82. The molecule has 3 rings (SSSR count). The number of hydrogen-bond donors (Lipinski definition) is 1. The summed E-state index contributed by atoms with van der Waals surface area (Å²) in [7, 11) is 0. The highest BCUT2D eigenvalue weighted by Crippen LogP contribution is 2.11. The Balaban J connectivity index is 1.61. The first-order valence-electron chi connectivity index (χ1n) is 7.30. The van der Waals surface area contributed by atoms with E-state index in [9.17, 15) is 0 Å². The second-order valence-corrected chi connectivity index (χ2v) is 5.29. The van der Waals surface area contributed by atoms with E-state index in [0.29, 0.717) is 19.1 Å². The summed E-state index contributed by atoms with van der Waals surface area (Å²) < 4.78 is 7.61. The summed E-state index contributed by atoms with van der Waals surface area (Å²) in [5.41, 5.74) is 8.20. The lowest BCUT2D eigenvalue weighted by molar-refractivity contribution is 0.00529. The molecule has 1 aliphatic rings. The molecule has 112 valence electrons. The number of fused-ring (bicyclic) bond motifs is 1. The number of benzene rings is 1. The molecule has 0 bridgehead atoms. The molecule has 0 saturated carbocycles. The zero-order valence-corrected chi connectivity index (χ0v) is 12.3. The molecule has 6 nitrogen and oxygen atoms in total. The number of guanidine groups is 1. The lowest BCUT2D eigenvalue weighted by Crippen LogP contribution is -2.48. The van der Waals surface area contributed by atoms with E-state index in [1.807, 2.05) is 24.5 Å². The van der Waals surface area contributed by atoms with Gasteiger partial charge in [-0.3, -0.25) is 4.99 Å². The molecule has 2 N–H and O–H groups in total. The van der Waals surface area contributed by atoms with Gasteiger partial charge in [-0.05, 0) is 19.1 Å². The smallest absolute Gasteiger partial charge is 0.191 e. The van der Waals surface area contributed by atoms with Crippen LogP contribution in [-0.4, -0.2) is 52.8 Å². The maximum atomic E-state index is 6.06. The molecule has 1 aromatic heterocycles. The zero-order valence-electron chi connectivity index (χ0n) is 12.3. The topological polar surface area (TPSA) is 68.7 Å². The van der Waals surface area contributed by atoms with Gasteiger partial charge < -0.3 is 19.9 Å². The van der Waals surface area contributed by atoms with E-state index >= 15 is 0 Å². The molecule has 0 amide bonds. The third-order valence-electron chi connectivity index (χ3n) is 3.71. The van der Waals surface area contributed by atoms with E-state index in [0.717, 1.165) is 30.7 Å². The standard InChI is InChI=1S/C15H21N5O/c1-12-10-19(8-9-21-12)15(16)17-6-7-20-11-18-13-4-2-3-5-14(13)20/h2-5,11-12H,6-10H2,1H3,(H2,16,17). The van der Waals surface area contributed by atoms with Crippen LogP contribution in [0.5, 0.6) is 0 Å². The summed E-state index contributed by atoms with van der Waals surface area (Å²) in [6.07, 6.45) is 2.07. The van der Waals surface area contributed by atoms with Gasteiger partial charge in [-0.2, -0.15) is 0 Å². The van der Waals surface area contributed by atoms with Crippen molar-refractivity contribution in [3.63, 3.8) is 0 Å². The normalized spacial score (nSPS) is 20.1. The lowest BCUT2D eigenvalue weighted by atomic mass is 10.3. The first-order valence-corrected chi connectivity index (χ1v) is 7.30. The molecule has 1 atom stereocenters. The van der Waals surface area contributed by atoms with Crippen LogP contribution in [-0.2, 0) is 11.3 Å². The lowest BCUT2D eigenvalue weighted by Gasteiger charge is -2.31. The average molecular weight is 287 g/mol. The average Bonchev–Trinajstić information content (AvgIpc) is 2.91. The van der Waals surface area contributed by atoms with Crippen molar-refractivity contribution >= 4 is 17.0 Å². The number of ether oxygens (including phenoxy) is 1. The second-order valence-electron chi connectivity index (χ2n) is 5.29. The van der Waals surface area contributed by atoms with Gasteiger partial charge in [-0.25, -0.2) is 4.98 Å². The number of rotatable bonds is 3. The third kappa shape index (κ3) is 3.16. The van der Waals surface area contributed by atoms with Crippen molar-refractivity contribution in [2.45, 2.75) is 19.6 Å². The van der Waals surface area contributed by atoms with E-state index in [1.165, 1.54) is 0 Å². The van der Waals surface area contributed by atoms with Gasteiger partial charge in [0.1, 0.15) is 0 Å². The van der Waals surface area contributed by atoms with Crippen LogP contribution in [0.1, 0.15) is 6.92 Å². The van der Waals surface area contributed by atoms with E-state index in [-0.39, 0.29) is 6.10 Å². The van der Waals surface area contributed by atoms with Crippen molar-refractivity contribution in [1.82, 2.24) is 14.5 Å². The summed E-state index contributed by atoms with van der Waals surface area (Å²) >= 11 is 0. The van der Waals surface area contributed by atoms with Gasteiger partial charge in [-0.1, -0.05) is 12.1 Å². The highest BCUT2D eigenvalue weighted by molar-refractivity contribution is 5.78. The fourth-order valence-electron chi connectivity index (χ4n) is 2.59. The zero-order chi connectivity index (χ0) is 14.7. The van der Waals surface area contributed by atoms with Crippen LogP contribution in [0.25, 0.3) is 11.0 Å². The van der Waals surface area contributed by atoms with Crippen LogP contribution in [0, 0.1) is 0 Å². The minimum absolute atomic E-state index is 0.213. The maximum Gasteiger partial charge on any atom is 0.191 e. The van der Waals surface area contributed by atoms with Crippen LogP contribution in [0.2, 0.25) is 0 Å². The number of aromatic nitrogens is 2. The Labute approximate surface area is 124 Å². The third-order valence-corrected chi connectivity index (χ3v) is 3.71. The number of nitrogens with zero attached hydrogens (tertiary/aromatic N) is 4. The van der Waals surface area contributed by atoms with Gasteiger partial charge in [0.05, 0.1) is 36.6 Å². The van der Waals surface area contributed by atoms with Crippen molar-refractivity contribution in [1.29, 1.82) is 0 Å². The predicted molar refractivity (Wildman–Crippen MR) is 83.2 cm³/mol. The predicted octanol–water partition coefficient (Wildman–Crippen LogP) is 1.07. The van der Waals surface area contributed by atoms with E-state index in [4.69, 9.17) is 10.5 Å². The van der Waals surface area contributed by atoms with Gasteiger partial charge in [0.2, 0.25) is 0 Å². The van der Waals surface area contributed by atoms with Crippen LogP contribution < -0.4 is 5.73 Å². The Morgan fingerprint density at radius 2 is 2.33 bits per heavy atom. The molecule has 1 unspecified atom stereocenters. The molecule has 0 radical (unpaired) electrons. The number of hydrogen-bond acceptors (Lipinski definition) is 3. The molecule has 0 spiro atoms. The largest absolute Gasteiger partial charge is 0.375 e. The number of morpholine rings is 1. The van der Waals surface area contributed by atoms with Crippen LogP contribution >= 0.6 is 0 Å². The van der Waals surface area contributed by atoms with Gasteiger partial charge in [0.15, 0.2) is 5.96 Å². The van der Waals surface area contributed by atoms with Gasteiger partial charge in [0.25, 0.3) is 0 Å². The molecule has 1 aliphatic heterocycles. The number of aliphatic imine (C=N–C) groups is 1. The first-order chi connectivity index (χ1) is 10.2. The van der Waals surface area contributed by atoms with Crippen molar-refractivity contribution < 1.29 is 4.74 Å². The fourth-order valence-corrected chi connectivity index (χ4v) is 2.59. The Morgan fingerprint density at radius 1 is 1.48 bits per heavy atom. The SMILES string of the molecule is CC1CN(C(N)=NCCn2cnc3ccccc32)CCO1. The fraction of sp³-hybridized carbons (Fsp3) is 0.467. The number of imidazole rings is 1. The Kier molecular flexibility index (Phi) is 4.06. The number of para-hydroxylation sites is 2. The van der Waals surface area contributed by atoms with Crippen molar-refractivity contribution in [3.8, 4) is 0 Å². The van der Waals surface area contributed by atoms with Gasteiger partial charge in [-0.15, -0.1) is 0 Å². The van der Waals surface area contributed by atoms with Crippen molar-refractivity contribution in [2.75, 3.05) is 26.2 Å². The van der Waals surface area contributed by atoms with E-state index in [1.54, 1.807) is 0 Å². The highest BCUT2D eigenvalue weighted by atomic mass is 16.5. The molecule has 1 saturated heterocycles. The van der Waals surface area contributed by atoms with E-state index in [2.05, 4.69) is 32.4 Å². The molecule has 6 heteroatoms.